The Morgan fingerprint density at radius 3 is 2.65 bits per heavy atom. The topological polar surface area (TPSA) is 37.4 Å². The van der Waals surface area contributed by atoms with Crippen molar-refractivity contribution < 1.29 is 17.9 Å². The summed E-state index contributed by atoms with van der Waals surface area (Å²) in [5.41, 5.74) is 0.981. The van der Waals surface area contributed by atoms with Crippen molar-refractivity contribution in [1.82, 2.24) is 10.3 Å². The molecule has 0 radical (unpaired) electrons. The third-order valence-electron chi connectivity index (χ3n) is 2.74. The number of ether oxygens (including phenoxy) is 1. The van der Waals surface area contributed by atoms with Crippen LogP contribution in [0.3, 0.4) is 0 Å². The highest BCUT2D eigenvalue weighted by atomic mass is 19.4. The quantitative estimate of drug-likeness (QED) is 0.745. The molecule has 1 rings (SSSR count). The molecular formula is C13H20F3N3O. The molecular weight excluding hydrogens is 271 g/mol. The van der Waals surface area contributed by atoms with Gasteiger partial charge in [-0.25, -0.2) is 4.98 Å². The molecule has 0 atom stereocenters. The van der Waals surface area contributed by atoms with E-state index in [1.54, 1.807) is 26.4 Å². The Morgan fingerprint density at radius 2 is 2.10 bits per heavy atom. The highest BCUT2D eigenvalue weighted by Crippen LogP contribution is 2.20. The predicted octanol–water partition coefficient (Wildman–Crippen LogP) is 2.21. The summed E-state index contributed by atoms with van der Waals surface area (Å²) in [5, 5.41) is 3.17. The van der Waals surface area contributed by atoms with Crippen LogP contribution in [0.4, 0.5) is 19.0 Å². The van der Waals surface area contributed by atoms with Crippen molar-refractivity contribution in [3.05, 3.63) is 23.9 Å². The highest BCUT2D eigenvalue weighted by Gasteiger charge is 2.27. The van der Waals surface area contributed by atoms with Crippen LogP contribution in [0.1, 0.15) is 12.0 Å². The number of hydrogen-bond acceptors (Lipinski definition) is 4. The molecule has 0 saturated heterocycles. The zero-order chi connectivity index (χ0) is 15.0. The van der Waals surface area contributed by atoms with Gasteiger partial charge in [-0.1, -0.05) is 6.07 Å². The van der Waals surface area contributed by atoms with E-state index in [1.165, 1.54) is 4.90 Å². The Bertz CT molecular complexity index is 381. The third kappa shape index (κ3) is 6.72. The van der Waals surface area contributed by atoms with Crippen LogP contribution >= 0.6 is 0 Å². The molecule has 0 saturated carbocycles. The molecule has 0 aliphatic rings. The molecule has 7 heteroatoms. The van der Waals surface area contributed by atoms with Gasteiger partial charge in [0.15, 0.2) is 0 Å². The normalized spacial score (nSPS) is 11.7. The maximum atomic E-state index is 12.1. The number of anilines is 1. The lowest BCUT2D eigenvalue weighted by Crippen LogP contribution is -2.25. The Kier molecular flexibility index (Phi) is 6.74. The minimum Gasteiger partial charge on any atom is -0.383 e. The molecule has 1 heterocycles. The van der Waals surface area contributed by atoms with Gasteiger partial charge in [0.2, 0.25) is 0 Å². The second-order valence-electron chi connectivity index (χ2n) is 4.48. The summed E-state index contributed by atoms with van der Waals surface area (Å²) in [5.74, 6) is 0.537. The average molecular weight is 291 g/mol. The summed E-state index contributed by atoms with van der Waals surface area (Å²) >= 11 is 0. The molecule has 1 aromatic heterocycles. The second kappa shape index (κ2) is 8.06. The lowest BCUT2D eigenvalue weighted by Gasteiger charge is -2.19. The number of nitrogens with zero attached hydrogens (tertiary/aromatic N) is 2. The number of nitrogens with one attached hydrogen (secondary N) is 1. The fourth-order valence-electron chi connectivity index (χ4n) is 1.56. The molecule has 0 unspecified atom stereocenters. The summed E-state index contributed by atoms with van der Waals surface area (Å²) < 4.78 is 41.3. The number of hydrogen-bond donors (Lipinski definition) is 1. The van der Waals surface area contributed by atoms with Crippen LogP contribution in [-0.4, -0.2) is 45.0 Å². The third-order valence-corrected chi connectivity index (χ3v) is 2.74. The van der Waals surface area contributed by atoms with E-state index < -0.39 is 12.6 Å². The van der Waals surface area contributed by atoms with Gasteiger partial charge in [0.05, 0.1) is 13.0 Å². The molecule has 0 aliphatic carbocycles. The molecule has 0 fully saturated rings. The van der Waals surface area contributed by atoms with Crippen molar-refractivity contribution in [2.75, 3.05) is 38.8 Å². The van der Waals surface area contributed by atoms with E-state index in [2.05, 4.69) is 10.3 Å². The van der Waals surface area contributed by atoms with Crippen LogP contribution in [0.25, 0.3) is 0 Å². The number of pyridine rings is 1. The van der Waals surface area contributed by atoms with E-state index in [9.17, 15) is 13.2 Å². The first kappa shape index (κ1) is 16.7. The summed E-state index contributed by atoms with van der Waals surface area (Å²) in [6.07, 6.45) is -3.32. The first-order chi connectivity index (χ1) is 9.42. The summed E-state index contributed by atoms with van der Waals surface area (Å²) in [6, 6.07) is 3.58. The number of aromatic nitrogens is 1. The minimum absolute atomic E-state index is 0.0953. The molecule has 0 amide bonds. The van der Waals surface area contributed by atoms with Crippen molar-refractivity contribution in [2.24, 2.45) is 0 Å². The first-order valence-electron chi connectivity index (χ1n) is 6.35. The van der Waals surface area contributed by atoms with Gasteiger partial charge in [0, 0.05) is 40.0 Å². The summed E-state index contributed by atoms with van der Waals surface area (Å²) in [6.45, 7) is 1.93. The number of halogens is 3. The van der Waals surface area contributed by atoms with E-state index >= 15 is 0 Å². The van der Waals surface area contributed by atoms with Crippen LogP contribution in [0.2, 0.25) is 0 Å². The molecule has 20 heavy (non-hydrogen) atoms. The molecule has 1 aromatic rings. The molecule has 4 nitrogen and oxygen atoms in total. The molecule has 0 bridgehead atoms. The standard InChI is InChI=1S/C13H20F3N3O/c1-19(7-5-13(14,15)16)12-4-3-11(10-18-12)9-17-6-8-20-2/h3-4,10,17H,5-9H2,1-2H3. The number of rotatable bonds is 8. The van der Waals surface area contributed by atoms with Crippen LogP contribution in [0.15, 0.2) is 18.3 Å². The van der Waals surface area contributed by atoms with Crippen molar-refractivity contribution in [1.29, 1.82) is 0 Å². The minimum atomic E-state index is -4.14. The number of methoxy groups -OCH3 is 1. The van der Waals surface area contributed by atoms with Gasteiger partial charge >= 0.3 is 6.18 Å². The largest absolute Gasteiger partial charge is 0.390 e. The van der Waals surface area contributed by atoms with Crippen molar-refractivity contribution in [2.45, 2.75) is 19.1 Å². The SMILES string of the molecule is COCCNCc1ccc(N(C)CCC(F)(F)F)nc1. The smallest absolute Gasteiger partial charge is 0.383 e. The second-order valence-corrected chi connectivity index (χ2v) is 4.48. The Morgan fingerprint density at radius 1 is 1.35 bits per heavy atom. The van der Waals surface area contributed by atoms with Gasteiger partial charge in [-0.15, -0.1) is 0 Å². The fourth-order valence-corrected chi connectivity index (χ4v) is 1.56. The van der Waals surface area contributed by atoms with E-state index in [-0.39, 0.29) is 6.54 Å². The van der Waals surface area contributed by atoms with Gasteiger partial charge in [0.1, 0.15) is 5.82 Å². The summed E-state index contributed by atoms with van der Waals surface area (Å²) in [4.78, 5) is 5.66. The first-order valence-corrected chi connectivity index (χ1v) is 6.35. The van der Waals surface area contributed by atoms with Crippen LogP contribution < -0.4 is 10.2 Å². The maximum absolute atomic E-state index is 12.1. The lowest BCUT2D eigenvalue weighted by molar-refractivity contribution is -0.132. The predicted molar refractivity (Wildman–Crippen MR) is 71.8 cm³/mol. The fraction of sp³-hybridized carbons (Fsp3) is 0.615. The van der Waals surface area contributed by atoms with Gasteiger partial charge < -0.3 is 15.0 Å². The van der Waals surface area contributed by atoms with Crippen molar-refractivity contribution in [3.8, 4) is 0 Å². The zero-order valence-electron chi connectivity index (χ0n) is 11.7. The van der Waals surface area contributed by atoms with E-state index in [0.717, 1.165) is 12.1 Å². The van der Waals surface area contributed by atoms with Gasteiger partial charge in [-0.2, -0.15) is 13.2 Å². The Balaban J connectivity index is 2.41. The zero-order valence-corrected chi connectivity index (χ0v) is 11.7. The van der Waals surface area contributed by atoms with Gasteiger partial charge in [-0.05, 0) is 11.6 Å². The van der Waals surface area contributed by atoms with Crippen molar-refractivity contribution in [3.63, 3.8) is 0 Å². The molecule has 1 N–H and O–H groups in total. The van der Waals surface area contributed by atoms with Gasteiger partial charge in [0.25, 0.3) is 0 Å². The van der Waals surface area contributed by atoms with Crippen LogP contribution in [0.5, 0.6) is 0 Å². The average Bonchev–Trinajstić information content (AvgIpc) is 2.41. The lowest BCUT2D eigenvalue weighted by atomic mass is 10.2. The van der Waals surface area contributed by atoms with E-state index in [4.69, 9.17) is 4.74 Å². The van der Waals surface area contributed by atoms with E-state index in [0.29, 0.717) is 19.0 Å². The molecule has 0 aliphatic heterocycles. The Labute approximate surface area is 116 Å². The maximum Gasteiger partial charge on any atom is 0.390 e. The molecule has 114 valence electrons. The van der Waals surface area contributed by atoms with Crippen LogP contribution in [0, 0.1) is 0 Å². The molecule has 0 spiro atoms. The monoisotopic (exact) mass is 291 g/mol. The summed E-state index contributed by atoms with van der Waals surface area (Å²) in [7, 11) is 3.24. The van der Waals surface area contributed by atoms with Gasteiger partial charge in [-0.3, -0.25) is 0 Å². The van der Waals surface area contributed by atoms with E-state index in [1.807, 2.05) is 6.07 Å². The molecule has 0 aromatic carbocycles. The van der Waals surface area contributed by atoms with Crippen molar-refractivity contribution >= 4 is 5.82 Å². The Hall–Kier alpha value is -1.34. The number of alkyl halides is 3. The van der Waals surface area contributed by atoms with Crippen LogP contribution in [-0.2, 0) is 11.3 Å². The highest BCUT2D eigenvalue weighted by molar-refractivity contribution is 5.38.